The highest BCUT2D eigenvalue weighted by atomic mass is 16.4. The molecule has 0 amide bonds. The Balaban J connectivity index is 1.38. The number of rotatable bonds is 4. The number of hydrogen-bond acceptors (Lipinski definition) is 7. The van der Waals surface area contributed by atoms with Crippen LogP contribution in [0.4, 0.5) is 0 Å². The van der Waals surface area contributed by atoms with Gasteiger partial charge in [0.25, 0.3) is 0 Å². The number of nitrogens with zero attached hydrogens (tertiary/aromatic N) is 3. The van der Waals surface area contributed by atoms with Gasteiger partial charge in [-0.1, -0.05) is 5.92 Å². The first-order chi connectivity index (χ1) is 19.2. The first-order valence-electron chi connectivity index (χ1n) is 12.1. The molecule has 6 rings (SSSR count). The third-order valence-corrected chi connectivity index (χ3v) is 6.38. The van der Waals surface area contributed by atoms with Crippen molar-refractivity contribution < 1.29 is 28.6 Å². The molecule has 0 aliphatic heterocycles. The Hall–Kier alpha value is -5.75. The van der Waals surface area contributed by atoms with E-state index in [2.05, 4.69) is 26.8 Å². The van der Waals surface area contributed by atoms with E-state index in [4.69, 9.17) is 8.83 Å². The number of aromatic carboxylic acids is 2. The van der Waals surface area contributed by atoms with Crippen LogP contribution in [0, 0.1) is 25.7 Å². The molecule has 0 atom stereocenters. The van der Waals surface area contributed by atoms with Gasteiger partial charge in [-0.15, -0.1) is 0 Å². The minimum absolute atomic E-state index is 0.00840. The van der Waals surface area contributed by atoms with Crippen LogP contribution in [0.2, 0.25) is 0 Å². The van der Waals surface area contributed by atoms with Gasteiger partial charge in [-0.2, -0.15) is 0 Å². The van der Waals surface area contributed by atoms with E-state index in [1.807, 2.05) is 32.0 Å². The minimum atomic E-state index is -1.17. The second-order valence-electron chi connectivity index (χ2n) is 9.15. The van der Waals surface area contributed by atoms with Crippen molar-refractivity contribution >= 4 is 33.9 Å². The summed E-state index contributed by atoms with van der Waals surface area (Å²) >= 11 is 0. The van der Waals surface area contributed by atoms with E-state index < -0.39 is 11.9 Å². The number of carboxylic acids is 2. The fourth-order valence-electron chi connectivity index (χ4n) is 4.40. The lowest BCUT2D eigenvalue weighted by molar-refractivity contribution is 0.0686. The average Bonchev–Trinajstić information content (AvgIpc) is 3.47. The van der Waals surface area contributed by atoms with Crippen molar-refractivity contribution in [3.63, 3.8) is 0 Å². The third-order valence-electron chi connectivity index (χ3n) is 6.38. The van der Waals surface area contributed by atoms with Crippen molar-refractivity contribution in [2.45, 2.75) is 13.8 Å². The van der Waals surface area contributed by atoms with E-state index in [-0.39, 0.29) is 28.2 Å². The number of furan rings is 2. The minimum Gasteiger partial charge on any atom is -0.478 e. The van der Waals surface area contributed by atoms with Crippen LogP contribution in [0.15, 0.2) is 75.8 Å². The van der Waals surface area contributed by atoms with E-state index in [0.717, 1.165) is 27.7 Å². The zero-order valence-corrected chi connectivity index (χ0v) is 21.2. The Morgan fingerprint density at radius 3 is 2.12 bits per heavy atom. The Morgan fingerprint density at radius 1 is 0.725 bits per heavy atom. The summed E-state index contributed by atoms with van der Waals surface area (Å²) < 4.78 is 11.7. The molecule has 5 aromatic heterocycles. The summed E-state index contributed by atoms with van der Waals surface area (Å²) in [6, 6.07) is 14.7. The fraction of sp³-hybridized carbons (Fsp3) is 0.0645. The third kappa shape index (κ3) is 4.54. The normalized spacial score (nSPS) is 10.9. The molecule has 5 heterocycles. The number of pyridine rings is 3. The molecule has 9 nitrogen and oxygen atoms in total. The molecule has 0 aliphatic rings. The molecule has 0 aliphatic carbocycles. The molecule has 0 fully saturated rings. The number of carboxylic acid groups (broad SMARTS) is 2. The van der Waals surface area contributed by atoms with Crippen molar-refractivity contribution in [1.82, 2.24) is 15.0 Å². The quantitative estimate of drug-likeness (QED) is 0.259. The molecule has 40 heavy (non-hydrogen) atoms. The van der Waals surface area contributed by atoms with Crippen molar-refractivity contribution in [2.75, 3.05) is 0 Å². The SMILES string of the molecule is Cc1cc2cc3c(C)c(C#Cc4ccnc(-c5cc(C(=O)O)cc(-c6cc(C(=O)O)ccn6)n5)c4)oc3cc2o1. The smallest absolute Gasteiger partial charge is 0.335 e. The Labute approximate surface area is 226 Å². The summed E-state index contributed by atoms with van der Waals surface area (Å²) in [6.07, 6.45) is 2.89. The van der Waals surface area contributed by atoms with Gasteiger partial charge in [0.15, 0.2) is 5.76 Å². The van der Waals surface area contributed by atoms with E-state index >= 15 is 0 Å². The van der Waals surface area contributed by atoms with Crippen LogP contribution in [-0.4, -0.2) is 37.1 Å². The van der Waals surface area contributed by atoms with Crippen LogP contribution in [0.3, 0.4) is 0 Å². The number of aryl methyl sites for hydroxylation is 2. The number of carbonyl (C=O) groups is 2. The van der Waals surface area contributed by atoms with Crippen molar-refractivity contribution in [3.8, 4) is 34.6 Å². The van der Waals surface area contributed by atoms with E-state index in [9.17, 15) is 19.8 Å². The second-order valence-corrected chi connectivity index (χ2v) is 9.15. The molecule has 9 heteroatoms. The van der Waals surface area contributed by atoms with E-state index in [1.54, 1.807) is 18.3 Å². The van der Waals surface area contributed by atoms with Crippen LogP contribution in [0.1, 0.15) is 43.4 Å². The average molecular weight is 530 g/mol. The number of fused-ring (bicyclic) bond motifs is 2. The van der Waals surface area contributed by atoms with Crippen LogP contribution in [0.5, 0.6) is 0 Å². The maximum absolute atomic E-state index is 11.8. The highest BCUT2D eigenvalue weighted by Gasteiger charge is 2.15. The van der Waals surface area contributed by atoms with Crippen molar-refractivity contribution in [2.24, 2.45) is 0 Å². The van der Waals surface area contributed by atoms with Gasteiger partial charge in [0.2, 0.25) is 0 Å². The molecule has 0 unspecified atom stereocenters. The van der Waals surface area contributed by atoms with Gasteiger partial charge < -0.3 is 19.0 Å². The highest BCUT2D eigenvalue weighted by molar-refractivity contribution is 5.96. The molecule has 0 bridgehead atoms. The van der Waals surface area contributed by atoms with Gasteiger partial charge in [-0.25, -0.2) is 14.6 Å². The fourth-order valence-corrected chi connectivity index (χ4v) is 4.40. The largest absolute Gasteiger partial charge is 0.478 e. The Morgan fingerprint density at radius 2 is 1.40 bits per heavy atom. The van der Waals surface area contributed by atoms with Crippen LogP contribution >= 0.6 is 0 Å². The van der Waals surface area contributed by atoms with Crippen LogP contribution < -0.4 is 0 Å². The Kier molecular flexibility index (Phi) is 5.85. The van der Waals surface area contributed by atoms with Crippen molar-refractivity contribution in [3.05, 3.63) is 101 Å². The van der Waals surface area contributed by atoms with Gasteiger partial charge in [0.05, 0.1) is 33.9 Å². The molecule has 0 saturated heterocycles. The molecule has 6 aromatic rings. The standard InChI is InChI=1S/C31H19N3O6/c1-16-9-20-11-22-17(2)27(40-29(22)15-28(20)39-16)4-3-18-5-7-32-23(10-18)25-13-21(31(37)38)14-26(34-25)24-12-19(30(35)36)6-8-33-24/h5-15H,1-2H3,(H,35,36)(H,37,38). The predicted octanol–water partition coefficient (Wildman–Crippen LogP) is 6.11. The van der Waals surface area contributed by atoms with Gasteiger partial charge >= 0.3 is 11.9 Å². The van der Waals surface area contributed by atoms with Gasteiger partial charge in [-0.3, -0.25) is 9.97 Å². The van der Waals surface area contributed by atoms with Gasteiger partial charge in [0, 0.05) is 40.4 Å². The zero-order valence-electron chi connectivity index (χ0n) is 21.2. The van der Waals surface area contributed by atoms with Crippen LogP contribution in [-0.2, 0) is 0 Å². The summed E-state index contributed by atoms with van der Waals surface area (Å²) in [5.74, 6) is 5.23. The maximum Gasteiger partial charge on any atom is 0.335 e. The van der Waals surface area contributed by atoms with Gasteiger partial charge in [0.1, 0.15) is 16.9 Å². The first kappa shape index (κ1) is 24.6. The molecular formula is C31H19N3O6. The molecule has 194 valence electrons. The molecule has 0 radical (unpaired) electrons. The molecule has 0 spiro atoms. The lowest BCUT2D eigenvalue weighted by Crippen LogP contribution is -2.02. The summed E-state index contributed by atoms with van der Waals surface area (Å²) in [5, 5.41) is 21.0. The molecule has 2 N–H and O–H groups in total. The molecule has 1 aromatic carbocycles. The summed E-state index contributed by atoms with van der Waals surface area (Å²) in [6.45, 7) is 3.85. The number of benzene rings is 1. The number of hydrogen-bond donors (Lipinski definition) is 2. The first-order valence-corrected chi connectivity index (χ1v) is 12.1. The predicted molar refractivity (Wildman–Crippen MR) is 146 cm³/mol. The number of aromatic nitrogens is 3. The molecular weight excluding hydrogens is 510 g/mol. The monoisotopic (exact) mass is 529 g/mol. The summed E-state index contributed by atoms with van der Waals surface area (Å²) in [5.41, 5.74) is 4.02. The lowest BCUT2D eigenvalue weighted by atomic mass is 10.1. The maximum atomic E-state index is 11.8. The summed E-state index contributed by atoms with van der Waals surface area (Å²) in [7, 11) is 0. The van der Waals surface area contributed by atoms with Crippen molar-refractivity contribution in [1.29, 1.82) is 0 Å². The zero-order chi connectivity index (χ0) is 28.0. The summed E-state index contributed by atoms with van der Waals surface area (Å²) in [4.78, 5) is 36.3. The van der Waals surface area contributed by atoms with E-state index in [1.165, 1.54) is 30.5 Å². The second kappa shape index (κ2) is 9.53. The van der Waals surface area contributed by atoms with Crippen LogP contribution in [0.25, 0.3) is 44.7 Å². The lowest BCUT2D eigenvalue weighted by Gasteiger charge is -2.07. The molecule has 0 saturated carbocycles. The topological polar surface area (TPSA) is 140 Å². The van der Waals surface area contributed by atoms with Gasteiger partial charge in [-0.05, 0) is 68.3 Å². The van der Waals surface area contributed by atoms with E-state index in [0.29, 0.717) is 22.6 Å². The Bertz CT molecular complexity index is 2060. The highest BCUT2D eigenvalue weighted by Crippen LogP contribution is 2.31.